The molecule has 1 amide bonds. The zero-order valence-electron chi connectivity index (χ0n) is 13.9. The quantitative estimate of drug-likeness (QED) is 0.663. The molecule has 0 aromatic heterocycles. The number of benzene rings is 1. The highest BCUT2D eigenvalue weighted by atomic mass is 79.9. The van der Waals surface area contributed by atoms with Crippen LogP contribution in [0, 0.1) is 0 Å². The number of carbonyl (C=O) groups is 1. The Kier molecular flexibility index (Phi) is 7.89. The molecule has 0 bridgehead atoms. The molecule has 1 atom stereocenters. The molecule has 23 heavy (non-hydrogen) atoms. The van der Waals surface area contributed by atoms with Gasteiger partial charge in [0.25, 0.3) is 0 Å². The van der Waals surface area contributed by atoms with Crippen LogP contribution in [0.3, 0.4) is 0 Å². The van der Waals surface area contributed by atoms with Gasteiger partial charge in [-0.25, -0.2) is 0 Å². The minimum atomic E-state index is 0.296. The smallest absolute Gasteiger partial charge is 0.222 e. The van der Waals surface area contributed by atoms with Crippen molar-refractivity contribution in [2.75, 3.05) is 26.2 Å². The van der Waals surface area contributed by atoms with Crippen molar-refractivity contribution in [3.63, 3.8) is 0 Å². The Labute approximate surface area is 147 Å². The fourth-order valence-electron chi connectivity index (χ4n) is 2.90. The number of rotatable bonds is 9. The molecule has 1 aliphatic rings. The molecule has 5 heteroatoms. The van der Waals surface area contributed by atoms with Gasteiger partial charge in [0.1, 0.15) is 5.75 Å². The van der Waals surface area contributed by atoms with E-state index in [1.807, 2.05) is 24.3 Å². The summed E-state index contributed by atoms with van der Waals surface area (Å²) < 4.78 is 6.74. The van der Waals surface area contributed by atoms with Crippen molar-refractivity contribution < 1.29 is 9.53 Å². The molecule has 1 N–H and O–H groups in total. The van der Waals surface area contributed by atoms with Crippen molar-refractivity contribution in [3.8, 4) is 5.75 Å². The monoisotopic (exact) mass is 382 g/mol. The lowest BCUT2D eigenvalue weighted by molar-refractivity contribution is -0.133. The van der Waals surface area contributed by atoms with Crippen LogP contribution in [0.25, 0.3) is 0 Å². The molecule has 0 saturated carbocycles. The third-order valence-corrected chi connectivity index (χ3v) is 4.66. The van der Waals surface area contributed by atoms with Crippen LogP contribution in [0.1, 0.15) is 39.0 Å². The fraction of sp³-hybridized carbons (Fsp3) is 0.611. The Hall–Kier alpha value is -1.07. The largest absolute Gasteiger partial charge is 0.494 e. The Morgan fingerprint density at radius 1 is 1.35 bits per heavy atom. The van der Waals surface area contributed by atoms with Crippen LogP contribution < -0.4 is 10.1 Å². The number of unbranched alkanes of at least 4 members (excludes halogenated alkanes) is 1. The molecule has 1 aromatic carbocycles. The van der Waals surface area contributed by atoms with E-state index < -0.39 is 0 Å². The normalized spacial score (nSPS) is 17.2. The molecule has 0 spiro atoms. The zero-order valence-corrected chi connectivity index (χ0v) is 15.5. The predicted octanol–water partition coefficient (Wildman–Crippen LogP) is 3.60. The van der Waals surface area contributed by atoms with E-state index in [-0.39, 0.29) is 0 Å². The highest BCUT2D eigenvalue weighted by Crippen LogP contribution is 2.17. The Balaban J connectivity index is 1.65. The summed E-state index contributed by atoms with van der Waals surface area (Å²) in [7, 11) is 0. The Bertz CT molecular complexity index is 472. The Morgan fingerprint density at radius 2 is 2.13 bits per heavy atom. The third kappa shape index (κ3) is 6.15. The molecule has 128 valence electrons. The number of ether oxygens (including phenoxy) is 1. The molecule has 1 heterocycles. The summed E-state index contributed by atoms with van der Waals surface area (Å²) in [4.78, 5) is 14.5. The first-order chi connectivity index (χ1) is 11.2. The standard InChI is InChI=1S/C18H27BrN2O2/c1-2-12-21(16-10-11-20-14-16)18(22)5-3-4-13-23-17-8-6-15(19)7-9-17/h6-9,16,20H,2-5,10-14H2,1H3. The average molecular weight is 383 g/mol. The topological polar surface area (TPSA) is 41.6 Å². The van der Waals surface area contributed by atoms with E-state index in [1.54, 1.807) is 0 Å². The second-order valence-corrected chi connectivity index (χ2v) is 6.91. The van der Waals surface area contributed by atoms with Crippen LogP contribution in [0.2, 0.25) is 0 Å². The minimum absolute atomic E-state index is 0.296. The number of nitrogens with zero attached hydrogens (tertiary/aromatic N) is 1. The summed E-state index contributed by atoms with van der Waals surface area (Å²) >= 11 is 3.41. The maximum atomic E-state index is 12.4. The number of amides is 1. The van der Waals surface area contributed by atoms with E-state index in [2.05, 4.69) is 33.1 Å². The highest BCUT2D eigenvalue weighted by molar-refractivity contribution is 9.10. The van der Waals surface area contributed by atoms with Gasteiger partial charge < -0.3 is 15.0 Å². The van der Waals surface area contributed by atoms with E-state index in [0.29, 0.717) is 25.0 Å². The van der Waals surface area contributed by atoms with Crippen molar-refractivity contribution in [3.05, 3.63) is 28.7 Å². The lowest BCUT2D eigenvalue weighted by Crippen LogP contribution is -2.42. The van der Waals surface area contributed by atoms with Crippen LogP contribution in [0.15, 0.2) is 28.7 Å². The van der Waals surface area contributed by atoms with Gasteiger partial charge in [0, 0.05) is 30.0 Å². The Morgan fingerprint density at radius 3 is 2.78 bits per heavy atom. The van der Waals surface area contributed by atoms with E-state index in [0.717, 1.165) is 55.5 Å². The van der Waals surface area contributed by atoms with Gasteiger partial charge in [-0.05, 0) is 56.5 Å². The van der Waals surface area contributed by atoms with Crippen LogP contribution in [-0.2, 0) is 4.79 Å². The van der Waals surface area contributed by atoms with Crippen LogP contribution in [0.5, 0.6) is 5.75 Å². The van der Waals surface area contributed by atoms with Crippen LogP contribution >= 0.6 is 15.9 Å². The van der Waals surface area contributed by atoms with E-state index in [4.69, 9.17) is 4.74 Å². The zero-order chi connectivity index (χ0) is 16.5. The van der Waals surface area contributed by atoms with Gasteiger partial charge in [0.05, 0.1) is 6.61 Å². The van der Waals surface area contributed by atoms with Gasteiger partial charge in [-0.2, -0.15) is 0 Å². The molecule has 1 unspecified atom stereocenters. The molecule has 2 rings (SSSR count). The highest BCUT2D eigenvalue weighted by Gasteiger charge is 2.25. The van der Waals surface area contributed by atoms with Gasteiger partial charge in [0.15, 0.2) is 0 Å². The molecule has 0 radical (unpaired) electrons. The molecule has 1 saturated heterocycles. The number of halogens is 1. The van der Waals surface area contributed by atoms with Crippen molar-refractivity contribution >= 4 is 21.8 Å². The summed E-state index contributed by atoms with van der Waals surface area (Å²) in [6, 6.07) is 8.23. The van der Waals surface area contributed by atoms with Crippen LogP contribution in [0.4, 0.5) is 0 Å². The van der Waals surface area contributed by atoms with Gasteiger partial charge in [0.2, 0.25) is 5.91 Å². The summed E-state index contributed by atoms with van der Waals surface area (Å²) in [6.07, 6.45) is 4.52. The summed E-state index contributed by atoms with van der Waals surface area (Å²) in [5, 5.41) is 3.35. The number of hydrogen-bond donors (Lipinski definition) is 1. The third-order valence-electron chi connectivity index (χ3n) is 4.13. The fourth-order valence-corrected chi connectivity index (χ4v) is 3.16. The average Bonchev–Trinajstić information content (AvgIpc) is 3.08. The second-order valence-electron chi connectivity index (χ2n) is 5.99. The first kappa shape index (κ1) is 18.3. The van der Waals surface area contributed by atoms with Gasteiger partial charge in [-0.3, -0.25) is 4.79 Å². The molecular weight excluding hydrogens is 356 g/mol. The first-order valence-corrected chi connectivity index (χ1v) is 9.38. The SMILES string of the molecule is CCCN(C(=O)CCCCOc1ccc(Br)cc1)C1CCNC1. The molecule has 0 aliphatic carbocycles. The molecule has 1 fully saturated rings. The van der Waals surface area contributed by atoms with Gasteiger partial charge in [-0.15, -0.1) is 0 Å². The molecular formula is C18H27BrN2O2. The van der Waals surface area contributed by atoms with Gasteiger partial charge >= 0.3 is 0 Å². The number of carbonyl (C=O) groups excluding carboxylic acids is 1. The summed E-state index contributed by atoms with van der Waals surface area (Å²) in [5.41, 5.74) is 0. The van der Waals surface area contributed by atoms with Crippen molar-refractivity contribution in [1.82, 2.24) is 10.2 Å². The molecule has 1 aromatic rings. The number of nitrogens with one attached hydrogen (secondary N) is 1. The lowest BCUT2D eigenvalue weighted by Gasteiger charge is -2.28. The van der Waals surface area contributed by atoms with E-state index in [1.165, 1.54) is 0 Å². The van der Waals surface area contributed by atoms with Crippen LogP contribution in [-0.4, -0.2) is 43.1 Å². The van der Waals surface area contributed by atoms with Crippen molar-refractivity contribution in [1.29, 1.82) is 0 Å². The maximum absolute atomic E-state index is 12.4. The molecule has 4 nitrogen and oxygen atoms in total. The minimum Gasteiger partial charge on any atom is -0.494 e. The summed E-state index contributed by atoms with van der Waals surface area (Å²) in [5.74, 6) is 1.17. The number of hydrogen-bond acceptors (Lipinski definition) is 3. The van der Waals surface area contributed by atoms with E-state index in [9.17, 15) is 4.79 Å². The van der Waals surface area contributed by atoms with Gasteiger partial charge in [-0.1, -0.05) is 22.9 Å². The lowest BCUT2D eigenvalue weighted by atomic mass is 10.1. The van der Waals surface area contributed by atoms with Crippen molar-refractivity contribution in [2.24, 2.45) is 0 Å². The van der Waals surface area contributed by atoms with Crippen molar-refractivity contribution in [2.45, 2.75) is 45.1 Å². The molecule has 1 aliphatic heterocycles. The maximum Gasteiger partial charge on any atom is 0.222 e. The first-order valence-electron chi connectivity index (χ1n) is 8.59. The van der Waals surface area contributed by atoms with E-state index >= 15 is 0 Å². The predicted molar refractivity (Wildman–Crippen MR) is 96.8 cm³/mol. The second kappa shape index (κ2) is 9.93. The summed E-state index contributed by atoms with van der Waals surface area (Å²) in [6.45, 7) is 5.64.